The molecule has 2 aromatic rings. The molecule has 0 spiro atoms. The summed E-state index contributed by atoms with van der Waals surface area (Å²) in [4.78, 5) is 12.1. The number of benzene rings is 2. The molecular formula is C18H22N2O3. The van der Waals surface area contributed by atoms with Crippen molar-refractivity contribution in [2.24, 2.45) is 5.73 Å². The summed E-state index contributed by atoms with van der Waals surface area (Å²) in [6.45, 7) is 0.356. The van der Waals surface area contributed by atoms with Crippen molar-refractivity contribution < 1.29 is 14.3 Å². The number of carbonyl (C=O) groups excluding carboxylic acids is 1. The van der Waals surface area contributed by atoms with Crippen LogP contribution in [0.2, 0.25) is 0 Å². The van der Waals surface area contributed by atoms with Crippen LogP contribution in [0.5, 0.6) is 11.5 Å². The van der Waals surface area contributed by atoms with Crippen molar-refractivity contribution in [3.05, 3.63) is 59.7 Å². The van der Waals surface area contributed by atoms with Gasteiger partial charge in [-0.2, -0.15) is 0 Å². The van der Waals surface area contributed by atoms with Crippen LogP contribution in [0.25, 0.3) is 0 Å². The molecule has 0 saturated carbocycles. The van der Waals surface area contributed by atoms with Crippen LogP contribution in [0.4, 0.5) is 0 Å². The molecule has 1 unspecified atom stereocenters. The minimum absolute atomic E-state index is 0.188. The van der Waals surface area contributed by atoms with Gasteiger partial charge in [0.25, 0.3) is 0 Å². The predicted octanol–water partition coefficient (Wildman–Crippen LogP) is 1.89. The lowest BCUT2D eigenvalue weighted by atomic mass is 10.1. The van der Waals surface area contributed by atoms with Gasteiger partial charge in [0.15, 0.2) is 0 Å². The lowest BCUT2D eigenvalue weighted by molar-refractivity contribution is -0.122. The highest BCUT2D eigenvalue weighted by Crippen LogP contribution is 2.24. The Hall–Kier alpha value is -2.53. The van der Waals surface area contributed by atoms with Gasteiger partial charge >= 0.3 is 0 Å². The first-order valence-electron chi connectivity index (χ1n) is 7.42. The number of carbonyl (C=O) groups is 1. The highest BCUT2D eigenvalue weighted by molar-refractivity contribution is 5.81. The molecule has 1 amide bonds. The SMILES string of the molecule is COc1ccc(CNC(=O)C(N)Cc2ccccc2)c(OC)c1. The summed E-state index contributed by atoms with van der Waals surface area (Å²) in [5, 5.41) is 2.85. The maximum atomic E-state index is 12.1. The van der Waals surface area contributed by atoms with Crippen LogP contribution in [-0.2, 0) is 17.8 Å². The molecule has 0 bridgehead atoms. The smallest absolute Gasteiger partial charge is 0.237 e. The standard InChI is InChI=1S/C18H22N2O3/c1-22-15-9-8-14(17(11-15)23-2)12-20-18(21)16(19)10-13-6-4-3-5-7-13/h3-9,11,16H,10,12,19H2,1-2H3,(H,20,21). The van der Waals surface area contributed by atoms with E-state index < -0.39 is 6.04 Å². The molecule has 0 aliphatic carbocycles. The van der Waals surface area contributed by atoms with Crippen LogP contribution in [0, 0.1) is 0 Å². The van der Waals surface area contributed by atoms with Crippen molar-refractivity contribution >= 4 is 5.91 Å². The third-order valence-electron chi connectivity index (χ3n) is 3.58. The molecule has 0 fully saturated rings. The van der Waals surface area contributed by atoms with Crippen LogP contribution in [0.15, 0.2) is 48.5 Å². The number of nitrogens with one attached hydrogen (secondary N) is 1. The highest BCUT2D eigenvalue weighted by atomic mass is 16.5. The van der Waals surface area contributed by atoms with Gasteiger partial charge in [0.2, 0.25) is 5.91 Å². The van der Waals surface area contributed by atoms with Crippen molar-refractivity contribution in [2.45, 2.75) is 19.0 Å². The second kappa shape index (κ2) is 8.19. The molecule has 0 aliphatic rings. The zero-order valence-corrected chi connectivity index (χ0v) is 13.4. The molecule has 2 rings (SSSR count). The van der Waals surface area contributed by atoms with Gasteiger partial charge in [-0.05, 0) is 24.1 Å². The number of ether oxygens (including phenoxy) is 2. The Morgan fingerprint density at radius 2 is 1.87 bits per heavy atom. The maximum Gasteiger partial charge on any atom is 0.237 e. The lowest BCUT2D eigenvalue weighted by Gasteiger charge is -2.14. The van der Waals surface area contributed by atoms with Crippen molar-refractivity contribution in [2.75, 3.05) is 14.2 Å². The average Bonchev–Trinajstić information content (AvgIpc) is 2.60. The van der Waals surface area contributed by atoms with Crippen LogP contribution in [0.3, 0.4) is 0 Å². The van der Waals surface area contributed by atoms with E-state index in [0.717, 1.165) is 11.1 Å². The van der Waals surface area contributed by atoms with Crippen LogP contribution < -0.4 is 20.5 Å². The van der Waals surface area contributed by atoms with Gasteiger partial charge in [-0.25, -0.2) is 0 Å². The molecule has 0 aromatic heterocycles. The summed E-state index contributed by atoms with van der Waals surface area (Å²) in [5.41, 5.74) is 7.87. The molecule has 3 N–H and O–H groups in total. The van der Waals surface area contributed by atoms with Crippen molar-refractivity contribution in [1.82, 2.24) is 5.32 Å². The number of rotatable bonds is 7. The van der Waals surface area contributed by atoms with Crippen LogP contribution in [-0.4, -0.2) is 26.2 Å². The number of hydrogen-bond donors (Lipinski definition) is 2. The molecule has 1 atom stereocenters. The minimum Gasteiger partial charge on any atom is -0.497 e. The van der Waals surface area contributed by atoms with E-state index in [4.69, 9.17) is 15.2 Å². The zero-order chi connectivity index (χ0) is 16.7. The van der Waals surface area contributed by atoms with Gasteiger partial charge in [0.05, 0.1) is 20.3 Å². The van der Waals surface area contributed by atoms with Gasteiger partial charge in [-0.3, -0.25) is 4.79 Å². The van der Waals surface area contributed by atoms with E-state index in [1.165, 1.54) is 0 Å². The quantitative estimate of drug-likeness (QED) is 0.818. The Kier molecular flexibility index (Phi) is 6.00. The Balaban J connectivity index is 1.93. The largest absolute Gasteiger partial charge is 0.497 e. The summed E-state index contributed by atoms with van der Waals surface area (Å²) in [7, 11) is 3.18. The fraction of sp³-hybridized carbons (Fsp3) is 0.278. The molecule has 122 valence electrons. The monoisotopic (exact) mass is 314 g/mol. The van der Waals surface area contributed by atoms with Crippen LogP contribution in [0.1, 0.15) is 11.1 Å². The summed E-state index contributed by atoms with van der Waals surface area (Å²) < 4.78 is 10.5. The van der Waals surface area contributed by atoms with Crippen molar-refractivity contribution in [1.29, 1.82) is 0 Å². The Labute approximate surface area is 136 Å². The number of hydrogen-bond acceptors (Lipinski definition) is 4. The highest BCUT2D eigenvalue weighted by Gasteiger charge is 2.14. The summed E-state index contributed by atoms with van der Waals surface area (Å²) >= 11 is 0. The lowest BCUT2D eigenvalue weighted by Crippen LogP contribution is -2.41. The van der Waals surface area contributed by atoms with Gasteiger partial charge < -0.3 is 20.5 Å². The molecule has 23 heavy (non-hydrogen) atoms. The maximum absolute atomic E-state index is 12.1. The predicted molar refractivity (Wildman–Crippen MR) is 89.5 cm³/mol. The molecule has 5 nitrogen and oxygen atoms in total. The van der Waals surface area contributed by atoms with Crippen molar-refractivity contribution in [3.63, 3.8) is 0 Å². The summed E-state index contributed by atoms with van der Waals surface area (Å²) in [6, 6.07) is 14.6. The van der Waals surface area contributed by atoms with Gasteiger partial charge in [-0.1, -0.05) is 30.3 Å². The van der Waals surface area contributed by atoms with Gasteiger partial charge in [0.1, 0.15) is 11.5 Å². The molecule has 0 radical (unpaired) electrons. The number of nitrogens with two attached hydrogens (primary N) is 1. The number of amides is 1. The molecule has 0 heterocycles. The molecule has 0 aliphatic heterocycles. The average molecular weight is 314 g/mol. The first-order valence-corrected chi connectivity index (χ1v) is 7.42. The van der Waals surface area contributed by atoms with E-state index in [-0.39, 0.29) is 5.91 Å². The fourth-order valence-electron chi connectivity index (χ4n) is 2.27. The third-order valence-corrected chi connectivity index (χ3v) is 3.58. The second-order valence-corrected chi connectivity index (χ2v) is 5.19. The topological polar surface area (TPSA) is 73.6 Å². The van der Waals surface area contributed by atoms with Crippen LogP contribution >= 0.6 is 0 Å². The van der Waals surface area contributed by atoms with Crippen molar-refractivity contribution in [3.8, 4) is 11.5 Å². The van der Waals surface area contributed by atoms with E-state index in [1.807, 2.05) is 42.5 Å². The first kappa shape index (κ1) is 16.8. The molecule has 0 saturated heterocycles. The molecular weight excluding hydrogens is 292 g/mol. The van der Waals surface area contributed by atoms with E-state index >= 15 is 0 Å². The van der Waals surface area contributed by atoms with E-state index in [0.29, 0.717) is 24.5 Å². The third kappa shape index (κ3) is 4.72. The van der Waals surface area contributed by atoms with E-state index in [1.54, 1.807) is 20.3 Å². The molecule has 2 aromatic carbocycles. The Morgan fingerprint density at radius 3 is 2.52 bits per heavy atom. The van der Waals surface area contributed by atoms with E-state index in [9.17, 15) is 4.79 Å². The Bertz CT molecular complexity index is 644. The first-order chi connectivity index (χ1) is 11.1. The number of methoxy groups -OCH3 is 2. The Morgan fingerprint density at radius 1 is 1.13 bits per heavy atom. The summed E-state index contributed by atoms with van der Waals surface area (Å²) in [5.74, 6) is 1.19. The normalized spacial score (nSPS) is 11.6. The van der Waals surface area contributed by atoms with Gasteiger partial charge in [0, 0.05) is 18.2 Å². The fourth-order valence-corrected chi connectivity index (χ4v) is 2.27. The summed E-state index contributed by atoms with van der Waals surface area (Å²) in [6.07, 6.45) is 0.506. The molecule has 5 heteroatoms. The second-order valence-electron chi connectivity index (χ2n) is 5.19. The van der Waals surface area contributed by atoms with E-state index in [2.05, 4.69) is 5.32 Å². The minimum atomic E-state index is -0.582. The van der Waals surface area contributed by atoms with Gasteiger partial charge in [-0.15, -0.1) is 0 Å². The zero-order valence-electron chi connectivity index (χ0n) is 13.4.